The number of rotatable bonds is 5. The van der Waals surface area contributed by atoms with Crippen LogP contribution in [0.25, 0.3) is 0 Å². The lowest BCUT2D eigenvalue weighted by atomic mass is 9.43. The standard InChI is InChI=1S/C31H38IN3O3/c1-3-34-18-21(7-9-27(34)37)29(38)33(2)25-10-11-30-16-24(32)28(25)31(30)12-13-35(17-19-4-5-19)26(30)14-20-6-8-22(36)15-23(20)31/h6-9,15,18-19,24-26,28,36H,3-5,10-14,16-17H2,1-2H3/t24-,25?,26?,28?,30?,31?/m0/s1. The third kappa shape index (κ3) is 3.39. The number of alkyl halides is 1. The van der Waals surface area contributed by atoms with E-state index in [9.17, 15) is 14.7 Å². The van der Waals surface area contributed by atoms with E-state index in [4.69, 9.17) is 0 Å². The van der Waals surface area contributed by atoms with Crippen molar-refractivity contribution in [3.05, 3.63) is 63.6 Å². The van der Waals surface area contributed by atoms with Gasteiger partial charge in [-0.25, -0.2) is 0 Å². The minimum Gasteiger partial charge on any atom is -0.508 e. The van der Waals surface area contributed by atoms with Crippen molar-refractivity contribution in [1.82, 2.24) is 14.4 Å². The van der Waals surface area contributed by atoms with Crippen molar-refractivity contribution < 1.29 is 9.90 Å². The fourth-order valence-electron chi connectivity index (χ4n) is 9.44. The van der Waals surface area contributed by atoms with Crippen LogP contribution in [0.1, 0.15) is 66.9 Å². The summed E-state index contributed by atoms with van der Waals surface area (Å²) in [4.78, 5) is 30.9. The molecule has 5 unspecified atom stereocenters. The van der Waals surface area contributed by atoms with E-state index in [0.29, 0.717) is 33.7 Å². The summed E-state index contributed by atoms with van der Waals surface area (Å²) < 4.78 is 2.08. The molecule has 4 aliphatic carbocycles. The Hall–Kier alpha value is -1.87. The highest BCUT2D eigenvalue weighted by atomic mass is 127. The highest BCUT2D eigenvalue weighted by molar-refractivity contribution is 14.1. The molecule has 0 radical (unpaired) electrons. The molecule has 6 atom stereocenters. The van der Waals surface area contributed by atoms with Gasteiger partial charge in [0, 0.05) is 59.7 Å². The number of aromatic hydroxyl groups is 1. The van der Waals surface area contributed by atoms with Crippen molar-refractivity contribution >= 4 is 28.5 Å². The summed E-state index contributed by atoms with van der Waals surface area (Å²) in [5, 5.41) is 10.7. The molecule has 7 heteroatoms. The van der Waals surface area contributed by atoms with Gasteiger partial charge in [0.15, 0.2) is 0 Å². The van der Waals surface area contributed by atoms with E-state index >= 15 is 0 Å². The first-order valence-corrected chi connectivity index (χ1v) is 15.7. The molecule has 1 saturated heterocycles. The Bertz CT molecular complexity index is 1350. The van der Waals surface area contributed by atoms with Crippen molar-refractivity contribution in [3.63, 3.8) is 0 Å². The molecular weight excluding hydrogens is 589 g/mol. The van der Waals surface area contributed by atoms with Crippen LogP contribution < -0.4 is 5.56 Å². The van der Waals surface area contributed by atoms with Crippen LogP contribution in [0.15, 0.2) is 41.3 Å². The molecule has 5 aliphatic rings. The van der Waals surface area contributed by atoms with E-state index in [1.165, 1.54) is 43.0 Å². The highest BCUT2D eigenvalue weighted by Gasteiger charge is 2.74. The first-order chi connectivity index (χ1) is 18.3. The number of carbonyl (C=O) groups excluding carboxylic acids is 1. The Balaban J connectivity index is 1.31. The first-order valence-electron chi connectivity index (χ1n) is 14.5. The molecular formula is C31H38IN3O3. The number of likely N-dealkylation sites (tertiary alicyclic amines) is 1. The number of amides is 1. The molecule has 2 heterocycles. The highest BCUT2D eigenvalue weighted by Crippen LogP contribution is 2.73. The molecule has 1 amide bonds. The number of phenolic OH excluding ortho intramolecular Hbond substituents is 1. The number of halogens is 1. The number of phenols is 1. The molecule has 2 aromatic rings. The lowest BCUT2D eigenvalue weighted by Gasteiger charge is -2.67. The number of piperidine rings is 1. The number of aryl methyl sites for hydroxylation is 1. The Kier molecular flexibility index (Phi) is 5.83. The van der Waals surface area contributed by atoms with Crippen molar-refractivity contribution in [2.75, 3.05) is 20.1 Å². The molecule has 4 bridgehead atoms. The first kappa shape index (κ1) is 25.1. The molecule has 7 rings (SSSR count). The zero-order valence-corrected chi connectivity index (χ0v) is 24.6. The summed E-state index contributed by atoms with van der Waals surface area (Å²) in [6, 6.07) is 10.0. The maximum Gasteiger partial charge on any atom is 0.255 e. The maximum atomic E-state index is 13.9. The summed E-state index contributed by atoms with van der Waals surface area (Å²) in [5.74, 6) is 1.59. The van der Waals surface area contributed by atoms with Crippen molar-refractivity contribution in [3.8, 4) is 5.75 Å². The van der Waals surface area contributed by atoms with Gasteiger partial charge in [0.1, 0.15) is 5.75 Å². The predicted molar refractivity (Wildman–Crippen MR) is 156 cm³/mol. The number of fused-ring (bicyclic) bond motifs is 1. The SMILES string of the molecule is CCn1cc(C(=O)N(C)C2CCC34C[C@H](I)C2C32CCN(CC3CC3)C4Cc3ccc(O)cc32)ccc1=O. The summed E-state index contributed by atoms with van der Waals surface area (Å²) in [6.07, 6.45) is 10.0. The number of carbonyl (C=O) groups is 1. The number of hydrogen-bond donors (Lipinski definition) is 1. The smallest absolute Gasteiger partial charge is 0.255 e. The number of benzene rings is 1. The zero-order valence-electron chi connectivity index (χ0n) is 22.4. The Morgan fingerprint density at radius 1 is 1.18 bits per heavy atom. The van der Waals surface area contributed by atoms with Gasteiger partial charge in [0.2, 0.25) is 0 Å². The molecule has 38 heavy (non-hydrogen) atoms. The second-order valence-electron chi connectivity index (χ2n) is 12.7. The van der Waals surface area contributed by atoms with Gasteiger partial charge >= 0.3 is 0 Å². The van der Waals surface area contributed by atoms with Crippen molar-refractivity contribution in [1.29, 1.82) is 0 Å². The van der Waals surface area contributed by atoms with Gasteiger partial charge in [-0.15, -0.1) is 0 Å². The molecule has 4 fully saturated rings. The molecule has 1 N–H and O–H groups in total. The molecule has 1 aromatic carbocycles. The monoisotopic (exact) mass is 627 g/mol. The van der Waals surface area contributed by atoms with Gasteiger partial charge in [0.25, 0.3) is 11.5 Å². The second kappa shape index (κ2) is 8.82. The Labute approximate surface area is 238 Å². The van der Waals surface area contributed by atoms with Crippen molar-refractivity contribution in [2.45, 2.75) is 79.8 Å². The quantitative estimate of drug-likeness (QED) is 0.389. The van der Waals surface area contributed by atoms with Gasteiger partial charge in [-0.2, -0.15) is 0 Å². The molecule has 202 valence electrons. The Morgan fingerprint density at radius 2 is 2.00 bits per heavy atom. The number of nitrogens with zero attached hydrogens (tertiary/aromatic N) is 3. The van der Waals surface area contributed by atoms with Crippen LogP contribution in [0.2, 0.25) is 0 Å². The van der Waals surface area contributed by atoms with E-state index in [1.54, 1.807) is 16.8 Å². The van der Waals surface area contributed by atoms with Crippen molar-refractivity contribution in [2.24, 2.45) is 17.3 Å². The molecule has 1 aliphatic heterocycles. The zero-order chi connectivity index (χ0) is 26.4. The third-order valence-corrected chi connectivity index (χ3v) is 12.4. The minimum absolute atomic E-state index is 0.00580. The predicted octanol–water partition coefficient (Wildman–Crippen LogP) is 4.60. The van der Waals surface area contributed by atoms with Gasteiger partial charge in [-0.05, 0) is 99.1 Å². The van der Waals surface area contributed by atoms with Gasteiger partial charge in [0.05, 0.1) is 5.56 Å². The minimum atomic E-state index is -0.0706. The van der Waals surface area contributed by atoms with Gasteiger partial charge in [-0.3, -0.25) is 14.5 Å². The van der Waals surface area contributed by atoms with E-state index in [0.717, 1.165) is 38.1 Å². The number of hydrogen-bond acceptors (Lipinski definition) is 4. The summed E-state index contributed by atoms with van der Waals surface area (Å²) in [5.41, 5.74) is 3.48. The van der Waals surface area contributed by atoms with Gasteiger partial charge < -0.3 is 14.6 Å². The average Bonchev–Trinajstić information content (AvgIpc) is 3.70. The largest absolute Gasteiger partial charge is 0.508 e. The lowest BCUT2D eigenvalue weighted by Crippen LogP contribution is -2.70. The van der Waals surface area contributed by atoms with E-state index in [2.05, 4.69) is 39.6 Å². The molecule has 0 spiro atoms. The topological polar surface area (TPSA) is 65.8 Å². The fraction of sp³-hybridized carbons (Fsp3) is 0.613. The van der Waals surface area contributed by atoms with Crippen LogP contribution in [0, 0.1) is 17.3 Å². The fourth-order valence-corrected chi connectivity index (χ4v) is 11.3. The summed E-state index contributed by atoms with van der Waals surface area (Å²) in [7, 11) is 1.98. The van der Waals surface area contributed by atoms with Crippen LogP contribution in [-0.2, 0) is 18.4 Å². The average molecular weight is 628 g/mol. The Morgan fingerprint density at radius 3 is 2.76 bits per heavy atom. The summed E-state index contributed by atoms with van der Waals surface area (Å²) in [6.45, 7) is 4.84. The van der Waals surface area contributed by atoms with Crippen LogP contribution in [0.3, 0.4) is 0 Å². The number of pyridine rings is 1. The van der Waals surface area contributed by atoms with Crippen LogP contribution in [0.5, 0.6) is 5.75 Å². The molecule has 1 aromatic heterocycles. The summed E-state index contributed by atoms with van der Waals surface area (Å²) >= 11 is 2.71. The third-order valence-electron chi connectivity index (χ3n) is 11.1. The molecule has 6 nitrogen and oxygen atoms in total. The van der Waals surface area contributed by atoms with E-state index in [1.807, 2.05) is 24.9 Å². The van der Waals surface area contributed by atoms with Crippen LogP contribution in [0.4, 0.5) is 0 Å². The second-order valence-corrected chi connectivity index (χ2v) is 14.3. The maximum absolute atomic E-state index is 13.9. The van der Waals surface area contributed by atoms with E-state index in [-0.39, 0.29) is 28.3 Å². The van der Waals surface area contributed by atoms with E-state index < -0.39 is 0 Å². The van der Waals surface area contributed by atoms with Crippen LogP contribution >= 0.6 is 22.6 Å². The lowest BCUT2D eigenvalue weighted by molar-refractivity contribution is -0.104. The normalized spacial score (nSPS) is 35.4. The number of aromatic nitrogens is 1. The van der Waals surface area contributed by atoms with Crippen LogP contribution in [-0.4, -0.2) is 61.5 Å². The molecule has 3 saturated carbocycles. The van der Waals surface area contributed by atoms with Gasteiger partial charge in [-0.1, -0.05) is 28.7 Å².